The van der Waals surface area contributed by atoms with Gasteiger partial charge < -0.3 is 18.9 Å². The molecule has 1 heterocycles. The van der Waals surface area contributed by atoms with Gasteiger partial charge in [-0.2, -0.15) is 0 Å². The fourth-order valence-electron chi connectivity index (χ4n) is 7.33. The Morgan fingerprint density at radius 1 is 1.17 bits per heavy atom. The third kappa shape index (κ3) is 4.26. The van der Waals surface area contributed by atoms with Crippen molar-refractivity contribution < 1.29 is 33.3 Å². The lowest BCUT2D eigenvalue weighted by molar-refractivity contribution is -0.259. The third-order valence-corrected chi connectivity index (χ3v) is 9.32. The number of carbonyl (C=O) groups excluding carboxylic acids is 3. The molecule has 4 rings (SSSR count). The van der Waals surface area contributed by atoms with Crippen LogP contribution in [0.15, 0.2) is 23.2 Å². The Labute approximate surface area is 214 Å². The molecule has 0 aromatic rings. The van der Waals surface area contributed by atoms with Crippen LogP contribution in [0, 0.1) is 35.0 Å². The topological polar surface area (TPSA) is 88.1 Å². The molecule has 0 N–H and O–H groups in total. The quantitative estimate of drug-likeness (QED) is 0.351. The number of esters is 2. The molecule has 0 bridgehead atoms. The van der Waals surface area contributed by atoms with E-state index in [0.717, 1.165) is 18.4 Å². The van der Waals surface area contributed by atoms with Crippen LogP contribution >= 0.6 is 0 Å². The summed E-state index contributed by atoms with van der Waals surface area (Å²) in [7, 11) is 0. The summed E-state index contributed by atoms with van der Waals surface area (Å²) in [6.45, 7) is 15.7. The maximum absolute atomic E-state index is 12.7. The van der Waals surface area contributed by atoms with Crippen molar-refractivity contribution in [1.82, 2.24) is 0 Å². The van der Waals surface area contributed by atoms with Crippen LogP contribution in [0.2, 0.25) is 0 Å². The van der Waals surface area contributed by atoms with Crippen LogP contribution in [0.4, 0.5) is 0 Å². The van der Waals surface area contributed by atoms with E-state index in [9.17, 15) is 14.4 Å². The van der Waals surface area contributed by atoms with Crippen molar-refractivity contribution in [2.24, 2.45) is 35.0 Å². The van der Waals surface area contributed by atoms with E-state index in [4.69, 9.17) is 18.9 Å². The molecule has 0 aromatic carbocycles. The maximum Gasteiger partial charge on any atom is 0.330 e. The van der Waals surface area contributed by atoms with Crippen molar-refractivity contribution >= 4 is 17.7 Å². The molecule has 8 atom stereocenters. The highest BCUT2D eigenvalue weighted by molar-refractivity contribution is 5.97. The molecule has 2 saturated carbocycles. The summed E-state index contributed by atoms with van der Waals surface area (Å²) >= 11 is 0. The van der Waals surface area contributed by atoms with Gasteiger partial charge in [-0.1, -0.05) is 33.3 Å². The molecule has 4 aliphatic rings. The van der Waals surface area contributed by atoms with E-state index in [1.54, 1.807) is 6.08 Å². The number of Topliss-reactive ketones (excluding diaryl/α,β-unsaturated/α-hetero) is 1. The van der Waals surface area contributed by atoms with Crippen LogP contribution in [-0.4, -0.2) is 35.7 Å². The van der Waals surface area contributed by atoms with Gasteiger partial charge in [0.25, 0.3) is 5.79 Å². The molecule has 1 aliphatic heterocycles. The molecule has 0 amide bonds. The zero-order valence-electron chi connectivity index (χ0n) is 23.0. The lowest BCUT2D eigenvalue weighted by atomic mass is 9.58. The summed E-state index contributed by atoms with van der Waals surface area (Å²) in [5.41, 5.74) is 0.292. The van der Waals surface area contributed by atoms with Crippen LogP contribution in [0.5, 0.6) is 0 Å². The average molecular weight is 503 g/mol. The molecule has 7 nitrogen and oxygen atoms in total. The number of hydrogen-bond acceptors (Lipinski definition) is 7. The van der Waals surface area contributed by atoms with Crippen LogP contribution in [0.3, 0.4) is 0 Å². The van der Waals surface area contributed by atoms with E-state index in [2.05, 4.69) is 20.8 Å². The lowest BCUT2D eigenvalue weighted by Gasteiger charge is -2.50. The lowest BCUT2D eigenvalue weighted by Crippen LogP contribution is -2.57. The Hall–Kier alpha value is -2.31. The molecular formula is C29H42O7. The molecule has 3 aliphatic carbocycles. The van der Waals surface area contributed by atoms with Crippen LogP contribution in [0.1, 0.15) is 87.5 Å². The number of ketones is 1. The van der Waals surface area contributed by atoms with Gasteiger partial charge in [0.15, 0.2) is 5.76 Å². The Morgan fingerprint density at radius 3 is 2.44 bits per heavy atom. The Bertz CT molecular complexity index is 994. The number of ether oxygens (including phenoxy) is 4. The minimum atomic E-state index is -1.10. The van der Waals surface area contributed by atoms with Crippen molar-refractivity contribution in [2.45, 2.75) is 105 Å². The van der Waals surface area contributed by atoms with Crippen molar-refractivity contribution in [3.8, 4) is 0 Å². The summed E-state index contributed by atoms with van der Waals surface area (Å²) in [4.78, 5) is 37.4. The molecular weight excluding hydrogens is 460 g/mol. The smallest absolute Gasteiger partial charge is 0.330 e. The number of allylic oxidation sites excluding steroid dienone is 3. The van der Waals surface area contributed by atoms with E-state index >= 15 is 0 Å². The fourth-order valence-corrected chi connectivity index (χ4v) is 7.33. The molecule has 36 heavy (non-hydrogen) atoms. The second-order valence-electron chi connectivity index (χ2n) is 12.0. The van der Waals surface area contributed by atoms with Gasteiger partial charge in [-0.15, -0.1) is 0 Å². The van der Waals surface area contributed by atoms with Crippen LogP contribution in [-0.2, 0) is 33.3 Å². The first-order valence-electron chi connectivity index (χ1n) is 13.5. The van der Waals surface area contributed by atoms with E-state index < -0.39 is 17.3 Å². The van der Waals surface area contributed by atoms with E-state index in [0.29, 0.717) is 36.7 Å². The van der Waals surface area contributed by atoms with Crippen LogP contribution < -0.4 is 0 Å². The Balaban J connectivity index is 1.70. The highest BCUT2D eigenvalue weighted by Gasteiger charge is 2.73. The molecule has 4 unspecified atom stereocenters. The van der Waals surface area contributed by atoms with Crippen molar-refractivity contribution in [3.05, 3.63) is 23.2 Å². The standard InChI is InChI=1S/C29H42O7/c1-9-16(4)10-24(32)34-21-12-20-14-29(35-26-17(5)11-23(31)27(26)36-29)28(8,18(6)33-19(7)30)25(20)22(13-21)15(2)3/h10,15,17-18,20-22,25H,9,11-14H2,1-8H3/b16-10+/t17?,18-,20?,21-,22-,25?,28+,29?/m0/s1. The molecule has 1 spiro atoms. The largest absolute Gasteiger partial charge is 0.462 e. The highest BCUT2D eigenvalue weighted by atomic mass is 16.7. The van der Waals surface area contributed by atoms with Crippen LogP contribution in [0.25, 0.3) is 0 Å². The normalized spacial score (nSPS) is 38.5. The van der Waals surface area contributed by atoms with Gasteiger partial charge in [-0.05, 0) is 63.7 Å². The minimum absolute atomic E-state index is 0.0305. The maximum atomic E-state index is 12.7. The first kappa shape index (κ1) is 26.7. The zero-order valence-corrected chi connectivity index (χ0v) is 23.0. The summed E-state index contributed by atoms with van der Waals surface area (Å²) in [6, 6.07) is 0. The van der Waals surface area contributed by atoms with Gasteiger partial charge in [0, 0.05) is 31.8 Å². The van der Waals surface area contributed by atoms with Gasteiger partial charge in [-0.25, -0.2) is 4.79 Å². The molecule has 0 aromatic heterocycles. The van der Waals surface area contributed by atoms with Gasteiger partial charge >= 0.3 is 11.9 Å². The van der Waals surface area contributed by atoms with Crippen molar-refractivity contribution in [3.63, 3.8) is 0 Å². The third-order valence-electron chi connectivity index (χ3n) is 9.32. The van der Waals surface area contributed by atoms with E-state index in [-0.39, 0.29) is 47.5 Å². The predicted octanol–water partition coefficient (Wildman–Crippen LogP) is 5.48. The second-order valence-corrected chi connectivity index (χ2v) is 12.0. The second kappa shape index (κ2) is 9.53. The highest BCUT2D eigenvalue weighted by Crippen LogP contribution is 2.68. The first-order valence-corrected chi connectivity index (χ1v) is 13.5. The predicted molar refractivity (Wildman–Crippen MR) is 133 cm³/mol. The first-order chi connectivity index (χ1) is 16.8. The fraction of sp³-hybridized carbons (Fsp3) is 0.759. The summed E-state index contributed by atoms with van der Waals surface area (Å²) < 4.78 is 25.0. The molecule has 200 valence electrons. The number of hydrogen-bond donors (Lipinski definition) is 0. The molecule has 0 radical (unpaired) electrons. The van der Waals surface area contributed by atoms with Gasteiger partial charge in [0.2, 0.25) is 11.5 Å². The average Bonchev–Trinajstić information content (AvgIpc) is 3.37. The van der Waals surface area contributed by atoms with Gasteiger partial charge in [0.05, 0.1) is 5.41 Å². The number of fused-ring (bicyclic) bond motifs is 1. The zero-order chi connectivity index (χ0) is 26.6. The molecule has 0 saturated heterocycles. The van der Waals surface area contributed by atoms with Gasteiger partial charge in [0.1, 0.15) is 12.2 Å². The SMILES string of the molecule is CC/C(C)=C/C(=O)O[C@H]1CC2CC3(OC4=C(O3)C(C)CC4=O)[C@](C)([C@H](C)OC(C)=O)C2[C@H](C(C)C)C1. The van der Waals surface area contributed by atoms with Crippen molar-refractivity contribution in [1.29, 1.82) is 0 Å². The monoisotopic (exact) mass is 502 g/mol. The summed E-state index contributed by atoms with van der Waals surface area (Å²) in [5, 5.41) is 0. The Kier molecular flexibility index (Phi) is 7.08. The molecule has 7 heteroatoms. The molecule has 2 fully saturated rings. The Morgan fingerprint density at radius 2 is 1.86 bits per heavy atom. The minimum Gasteiger partial charge on any atom is -0.462 e. The van der Waals surface area contributed by atoms with Crippen molar-refractivity contribution in [2.75, 3.05) is 0 Å². The van der Waals surface area contributed by atoms with E-state index in [1.165, 1.54) is 6.92 Å². The number of carbonyl (C=O) groups is 3. The number of rotatable bonds is 6. The summed E-state index contributed by atoms with van der Waals surface area (Å²) in [5.74, 6) is -0.141. The van der Waals surface area contributed by atoms with E-state index in [1.807, 2.05) is 27.7 Å². The van der Waals surface area contributed by atoms with Gasteiger partial charge in [-0.3, -0.25) is 9.59 Å². The summed E-state index contributed by atoms with van der Waals surface area (Å²) in [6.07, 6.45) is 4.04.